The molecule has 3 rings (SSSR count). The summed E-state index contributed by atoms with van der Waals surface area (Å²) in [6.07, 6.45) is 0. The van der Waals surface area contributed by atoms with Gasteiger partial charge in [-0.05, 0) is 31.2 Å². The summed E-state index contributed by atoms with van der Waals surface area (Å²) in [7, 11) is 1.82. The van der Waals surface area contributed by atoms with Crippen molar-refractivity contribution in [2.45, 2.75) is 13.5 Å². The average Bonchev–Trinajstić information content (AvgIpc) is 2.68. The Morgan fingerprint density at radius 3 is 3.05 bits per heavy atom. The maximum absolute atomic E-state index is 12.2. The molecule has 0 fully saturated rings. The van der Waals surface area contributed by atoms with Crippen LogP contribution in [0.3, 0.4) is 0 Å². The smallest absolute Gasteiger partial charge is 0.276 e. The highest BCUT2D eigenvalue weighted by atomic mass is 16.5. The molecule has 0 aliphatic carbocycles. The summed E-state index contributed by atoms with van der Waals surface area (Å²) in [4.78, 5) is 12.2. The van der Waals surface area contributed by atoms with E-state index in [9.17, 15) is 4.79 Å². The topological polar surface area (TPSA) is 68.2 Å². The second-order valence-electron chi connectivity index (χ2n) is 5.10. The van der Waals surface area contributed by atoms with Crippen LogP contribution in [0.4, 0.5) is 5.69 Å². The van der Waals surface area contributed by atoms with Crippen molar-refractivity contribution in [2.24, 2.45) is 7.05 Å². The predicted octanol–water partition coefficient (Wildman–Crippen LogP) is 1.46. The zero-order valence-electron chi connectivity index (χ0n) is 12.1. The SMILES string of the molecule is Cc1cc(C(=O)Nc2ccc3c(c2)CNCCO3)nn1C. The van der Waals surface area contributed by atoms with E-state index in [4.69, 9.17) is 4.74 Å². The van der Waals surface area contributed by atoms with E-state index in [1.165, 1.54) is 0 Å². The minimum Gasteiger partial charge on any atom is -0.492 e. The Bertz CT molecular complexity index is 659. The molecule has 21 heavy (non-hydrogen) atoms. The molecule has 1 aliphatic rings. The average molecular weight is 286 g/mol. The van der Waals surface area contributed by atoms with Crippen LogP contribution in [0.25, 0.3) is 0 Å². The molecule has 2 N–H and O–H groups in total. The normalized spacial score (nSPS) is 14.0. The predicted molar refractivity (Wildman–Crippen MR) is 79.5 cm³/mol. The number of aryl methyl sites for hydroxylation is 2. The van der Waals surface area contributed by atoms with Gasteiger partial charge in [0, 0.05) is 37.1 Å². The number of anilines is 1. The Kier molecular flexibility index (Phi) is 3.62. The molecule has 1 aromatic heterocycles. The lowest BCUT2D eigenvalue weighted by atomic mass is 10.1. The highest BCUT2D eigenvalue weighted by Gasteiger charge is 2.13. The summed E-state index contributed by atoms with van der Waals surface area (Å²) in [5, 5.41) is 10.3. The number of aromatic nitrogens is 2. The molecule has 0 saturated carbocycles. The standard InChI is InChI=1S/C15H18N4O2/c1-10-7-13(18-19(10)2)15(20)17-12-3-4-14-11(8-12)9-16-5-6-21-14/h3-4,7-8,16H,5-6,9H2,1-2H3,(H,17,20). The van der Waals surface area contributed by atoms with Crippen molar-refractivity contribution in [3.8, 4) is 5.75 Å². The Balaban J connectivity index is 1.78. The molecule has 0 unspecified atom stereocenters. The summed E-state index contributed by atoms with van der Waals surface area (Å²) in [6, 6.07) is 7.43. The van der Waals surface area contributed by atoms with Gasteiger partial charge in [-0.3, -0.25) is 9.48 Å². The quantitative estimate of drug-likeness (QED) is 0.877. The van der Waals surface area contributed by atoms with Crippen molar-refractivity contribution in [3.05, 3.63) is 41.2 Å². The number of nitrogens with zero attached hydrogens (tertiary/aromatic N) is 2. The van der Waals surface area contributed by atoms with Crippen LogP contribution in [-0.2, 0) is 13.6 Å². The van der Waals surface area contributed by atoms with Crippen LogP contribution in [-0.4, -0.2) is 28.8 Å². The minimum absolute atomic E-state index is 0.207. The first-order valence-corrected chi connectivity index (χ1v) is 6.92. The van der Waals surface area contributed by atoms with Gasteiger partial charge in [-0.2, -0.15) is 5.10 Å². The molecule has 2 aromatic rings. The van der Waals surface area contributed by atoms with E-state index in [0.717, 1.165) is 35.8 Å². The monoisotopic (exact) mass is 286 g/mol. The van der Waals surface area contributed by atoms with E-state index in [1.54, 1.807) is 10.7 Å². The van der Waals surface area contributed by atoms with Crippen LogP contribution >= 0.6 is 0 Å². The molecular weight excluding hydrogens is 268 g/mol. The summed E-state index contributed by atoms with van der Waals surface area (Å²) < 4.78 is 7.31. The number of hydrogen-bond acceptors (Lipinski definition) is 4. The number of nitrogens with one attached hydrogen (secondary N) is 2. The number of carbonyl (C=O) groups excluding carboxylic acids is 1. The van der Waals surface area contributed by atoms with Crippen molar-refractivity contribution in [1.82, 2.24) is 15.1 Å². The Labute approximate surface area is 123 Å². The van der Waals surface area contributed by atoms with Crippen LogP contribution < -0.4 is 15.4 Å². The van der Waals surface area contributed by atoms with Gasteiger partial charge in [0.15, 0.2) is 5.69 Å². The maximum atomic E-state index is 12.2. The lowest BCUT2D eigenvalue weighted by Crippen LogP contribution is -2.16. The van der Waals surface area contributed by atoms with Gasteiger partial charge in [-0.25, -0.2) is 0 Å². The fraction of sp³-hybridized carbons (Fsp3) is 0.333. The maximum Gasteiger partial charge on any atom is 0.276 e. The molecule has 2 heterocycles. The van der Waals surface area contributed by atoms with E-state index in [-0.39, 0.29) is 5.91 Å². The van der Waals surface area contributed by atoms with Gasteiger partial charge in [0.05, 0.1) is 0 Å². The Hall–Kier alpha value is -2.34. The largest absolute Gasteiger partial charge is 0.492 e. The molecule has 0 saturated heterocycles. The van der Waals surface area contributed by atoms with E-state index < -0.39 is 0 Å². The summed E-state index contributed by atoms with van der Waals surface area (Å²) in [5.74, 6) is 0.660. The number of fused-ring (bicyclic) bond motifs is 1. The van der Waals surface area contributed by atoms with Gasteiger partial charge in [-0.1, -0.05) is 0 Å². The number of carbonyl (C=O) groups is 1. The molecular formula is C15H18N4O2. The van der Waals surface area contributed by atoms with E-state index in [0.29, 0.717) is 12.3 Å². The van der Waals surface area contributed by atoms with Crippen molar-refractivity contribution in [2.75, 3.05) is 18.5 Å². The third-order valence-corrected chi connectivity index (χ3v) is 3.52. The van der Waals surface area contributed by atoms with Crippen LogP contribution in [0.15, 0.2) is 24.3 Å². The molecule has 0 spiro atoms. The van der Waals surface area contributed by atoms with Crippen molar-refractivity contribution >= 4 is 11.6 Å². The molecule has 0 radical (unpaired) electrons. The lowest BCUT2D eigenvalue weighted by Gasteiger charge is -2.09. The second kappa shape index (κ2) is 5.57. The van der Waals surface area contributed by atoms with Gasteiger partial charge in [0.25, 0.3) is 5.91 Å². The van der Waals surface area contributed by atoms with Gasteiger partial charge >= 0.3 is 0 Å². The zero-order valence-corrected chi connectivity index (χ0v) is 12.1. The van der Waals surface area contributed by atoms with Crippen LogP contribution in [0.2, 0.25) is 0 Å². The first-order chi connectivity index (χ1) is 10.1. The Morgan fingerprint density at radius 2 is 2.29 bits per heavy atom. The van der Waals surface area contributed by atoms with Crippen molar-refractivity contribution in [3.63, 3.8) is 0 Å². The van der Waals surface area contributed by atoms with Crippen LogP contribution in [0.1, 0.15) is 21.7 Å². The van der Waals surface area contributed by atoms with Gasteiger partial charge in [-0.15, -0.1) is 0 Å². The molecule has 0 bridgehead atoms. The Morgan fingerprint density at radius 1 is 1.43 bits per heavy atom. The van der Waals surface area contributed by atoms with Gasteiger partial charge < -0.3 is 15.4 Å². The van der Waals surface area contributed by atoms with E-state index in [1.807, 2.05) is 32.2 Å². The zero-order chi connectivity index (χ0) is 14.8. The molecule has 1 aliphatic heterocycles. The molecule has 1 aromatic carbocycles. The molecule has 1 amide bonds. The van der Waals surface area contributed by atoms with Crippen molar-refractivity contribution in [1.29, 1.82) is 0 Å². The van der Waals surface area contributed by atoms with E-state index in [2.05, 4.69) is 15.7 Å². The van der Waals surface area contributed by atoms with Crippen LogP contribution in [0, 0.1) is 6.92 Å². The minimum atomic E-state index is -0.207. The molecule has 110 valence electrons. The number of benzene rings is 1. The lowest BCUT2D eigenvalue weighted by molar-refractivity contribution is 0.102. The van der Waals surface area contributed by atoms with Crippen molar-refractivity contribution < 1.29 is 9.53 Å². The molecule has 6 nitrogen and oxygen atoms in total. The first-order valence-electron chi connectivity index (χ1n) is 6.92. The first kappa shape index (κ1) is 13.6. The number of ether oxygens (including phenoxy) is 1. The summed E-state index contributed by atoms with van der Waals surface area (Å²) in [5.41, 5.74) is 3.15. The number of rotatable bonds is 2. The number of amides is 1. The highest BCUT2D eigenvalue weighted by Crippen LogP contribution is 2.24. The molecule has 0 atom stereocenters. The summed E-state index contributed by atoms with van der Waals surface area (Å²) in [6.45, 7) is 4.13. The fourth-order valence-corrected chi connectivity index (χ4v) is 2.26. The van der Waals surface area contributed by atoms with E-state index >= 15 is 0 Å². The second-order valence-corrected chi connectivity index (χ2v) is 5.10. The third kappa shape index (κ3) is 2.90. The molecule has 6 heteroatoms. The highest BCUT2D eigenvalue weighted by molar-refractivity contribution is 6.03. The fourth-order valence-electron chi connectivity index (χ4n) is 2.26. The summed E-state index contributed by atoms with van der Waals surface area (Å²) >= 11 is 0. The third-order valence-electron chi connectivity index (χ3n) is 3.52. The van der Waals surface area contributed by atoms with Gasteiger partial charge in [0.1, 0.15) is 12.4 Å². The number of hydrogen-bond donors (Lipinski definition) is 2. The van der Waals surface area contributed by atoms with Gasteiger partial charge in [0.2, 0.25) is 0 Å². The van der Waals surface area contributed by atoms with Crippen LogP contribution in [0.5, 0.6) is 5.75 Å².